The Morgan fingerprint density at radius 3 is 2.28 bits per heavy atom. The summed E-state index contributed by atoms with van der Waals surface area (Å²) in [5.41, 5.74) is 11.5. The minimum Gasteiger partial charge on any atom is -0.198 e. The second-order valence-electron chi connectivity index (χ2n) is 11.0. The van der Waals surface area contributed by atoms with Crippen LogP contribution in [0.3, 0.4) is 0 Å². The highest BCUT2D eigenvalue weighted by Crippen LogP contribution is 2.50. The molecule has 1 aromatic heterocycles. The van der Waals surface area contributed by atoms with Gasteiger partial charge in [-0.15, -0.1) is 0 Å². The maximum absolute atomic E-state index is 8.90. The molecular weight excluding hydrogens is 386 g/mol. The van der Waals surface area contributed by atoms with Crippen molar-refractivity contribution in [2.24, 2.45) is 7.05 Å². The number of aromatic nitrogens is 1. The largest absolute Gasteiger partial charge is 0.220 e. The summed E-state index contributed by atoms with van der Waals surface area (Å²) in [6, 6.07) is 20.9. The number of nitrogens with zero attached hydrogens (tertiary/aromatic N) is 1. The summed E-state index contributed by atoms with van der Waals surface area (Å²) in [4.78, 5) is 0. The van der Waals surface area contributed by atoms with Gasteiger partial charge in [0.05, 0.1) is 12.3 Å². The van der Waals surface area contributed by atoms with Crippen molar-refractivity contribution in [3.63, 3.8) is 0 Å². The highest BCUT2D eigenvalue weighted by atomic mass is 14.9. The van der Waals surface area contributed by atoms with Crippen molar-refractivity contribution in [3.05, 3.63) is 88.6 Å². The molecule has 1 aliphatic rings. The van der Waals surface area contributed by atoms with Gasteiger partial charge in [-0.3, -0.25) is 0 Å². The Balaban J connectivity index is 1.84. The summed E-state index contributed by atoms with van der Waals surface area (Å²) in [6.07, 6.45) is 0. The van der Waals surface area contributed by atoms with Crippen LogP contribution in [0.15, 0.2) is 60.6 Å². The fourth-order valence-electron chi connectivity index (χ4n) is 5.38. The molecule has 0 fully saturated rings. The molecule has 1 aliphatic carbocycles. The molecule has 0 N–H and O–H groups in total. The lowest BCUT2D eigenvalue weighted by Crippen LogP contribution is -2.35. The molecule has 4 aromatic rings. The summed E-state index contributed by atoms with van der Waals surface area (Å²) in [5, 5.41) is 2.19. The van der Waals surface area contributed by atoms with Crippen molar-refractivity contribution in [3.8, 4) is 22.4 Å². The van der Waals surface area contributed by atoms with Crippen molar-refractivity contribution >= 4 is 10.8 Å². The lowest BCUT2D eigenvalue weighted by atomic mass is 9.81. The van der Waals surface area contributed by atoms with E-state index in [2.05, 4.69) is 115 Å². The minimum absolute atomic E-state index is 0.0352. The number of hydrogen-bond acceptors (Lipinski definition) is 0. The number of rotatable bonds is 1. The molecule has 3 aromatic carbocycles. The van der Waals surface area contributed by atoms with Crippen LogP contribution in [-0.4, -0.2) is 0 Å². The second kappa shape index (κ2) is 6.78. The Morgan fingerprint density at radius 2 is 1.56 bits per heavy atom. The SMILES string of the molecule is [2H]c1c(C)[n+](C)c(-c2cc3c(cc2C)-c2ccccc2C3(C)C)c2ccc(C(C)(C)C)cc12. The normalized spacial score (nSPS) is 14.9. The molecule has 0 unspecified atom stereocenters. The van der Waals surface area contributed by atoms with Gasteiger partial charge in [-0.05, 0) is 63.2 Å². The van der Waals surface area contributed by atoms with E-state index in [1.807, 2.05) is 0 Å². The third-order valence-electron chi connectivity index (χ3n) is 7.48. The molecular formula is C31H34N+. The molecule has 0 amide bonds. The Bertz CT molecular complexity index is 1450. The molecule has 0 spiro atoms. The molecule has 1 nitrogen and oxygen atoms in total. The number of fused-ring (bicyclic) bond motifs is 4. The molecule has 162 valence electrons. The monoisotopic (exact) mass is 421 g/mol. The fourth-order valence-corrected chi connectivity index (χ4v) is 5.38. The summed E-state index contributed by atoms with van der Waals surface area (Å²) in [7, 11) is 2.10. The Labute approximate surface area is 194 Å². The molecule has 1 heteroatoms. The quantitative estimate of drug-likeness (QED) is 0.279. The van der Waals surface area contributed by atoms with Crippen molar-refractivity contribution in [1.29, 1.82) is 0 Å². The van der Waals surface area contributed by atoms with Crippen LogP contribution >= 0.6 is 0 Å². The van der Waals surface area contributed by atoms with E-state index in [1.165, 1.54) is 44.6 Å². The molecule has 32 heavy (non-hydrogen) atoms. The molecule has 5 rings (SSSR count). The Kier molecular flexibility index (Phi) is 4.18. The van der Waals surface area contributed by atoms with Gasteiger partial charge in [-0.25, -0.2) is 0 Å². The highest BCUT2D eigenvalue weighted by Gasteiger charge is 2.36. The number of aryl methyl sites for hydroxylation is 1. The van der Waals surface area contributed by atoms with E-state index in [0.717, 1.165) is 16.5 Å². The van der Waals surface area contributed by atoms with Gasteiger partial charge in [-0.1, -0.05) is 77.1 Å². The van der Waals surface area contributed by atoms with Crippen molar-refractivity contribution < 1.29 is 5.94 Å². The van der Waals surface area contributed by atoms with E-state index < -0.39 is 0 Å². The highest BCUT2D eigenvalue weighted by molar-refractivity contribution is 5.96. The maximum atomic E-state index is 8.90. The smallest absolute Gasteiger partial charge is 0.198 e. The van der Waals surface area contributed by atoms with Gasteiger partial charge in [0.15, 0.2) is 5.69 Å². The van der Waals surface area contributed by atoms with E-state index in [9.17, 15) is 0 Å². The van der Waals surface area contributed by atoms with Crippen LogP contribution in [0.2, 0.25) is 0 Å². The molecule has 0 aliphatic heterocycles. The first-order valence-corrected chi connectivity index (χ1v) is 11.6. The summed E-state index contributed by atoms with van der Waals surface area (Å²) >= 11 is 0. The van der Waals surface area contributed by atoms with E-state index in [4.69, 9.17) is 1.37 Å². The average Bonchev–Trinajstić information content (AvgIpc) is 2.98. The number of hydrogen-bond donors (Lipinski definition) is 0. The molecule has 0 saturated heterocycles. The number of benzene rings is 3. The topological polar surface area (TPSA) is 3.88 Å². The van der Waals surface area contributed by atoms with Gasteiger partial charge in [0.2, 0.25) is 5.69 Å². The second-order valence-corrected chi connectivity index (χ2v) is 11.0. The zero-order chi connectivity index (χ0) is 23.9. The Morgan fingerprint density at radius 1 is 0.844 bits per heavy atom. The zero-order valence-corrected chi connectivity index (χ0v) is 20.6. The zero-order valence-electron chi connectivity index (χ0n) is 21.6. The van der Waals surface area contributed by atoms with Gasteiger partial charge in [0.1, 0.15) is 7.05 Å². The Hall–Kier alpha value is -2.93. The fraction of sp³-hybridized carbons (Fsp3) is 0.323. The predicted molar refractivity (Wildman–Crippen MR) is 136 cm³/mol. The van der Waals surface area contributed by atoms with Crippen LogP contribution in [-0.2, 0) is 17.9 Å². The van der Waals surface area contributed by atoms with E-state index in [0.29, 0.717) is 6.04 Å². The first-order chi connectivity index (χ1) is 15.4. The van der Waals surface area contributed by atoms with E-state index in [1.54, 1.807) is 0 Å². The van der Waals surface area contributed by atoms with Gasteiger partial charge < -0.3 is 0 Å². The van der Waals surface area contributed by atoms with Crippen LogP contribution in [0, 0.1) is 13.8 Å². The van der Waals surface area contributed by atoms with Crippen LogP contribution in [0.5, 0.6) is 0 Å². The van der Waals surface area contributed by atoms with Crippen LogP contribution in [0.25, 0.3) is 33.2 Å². The van der Waals surface area contributed by atoms with Crippen LogP contribution in [0.1, 0.15) is 63.9 Å². The lowest BCUT2D eigenvalue weighted by molar-refractivity contribution is -0.665. The predicted octanol–water partition coefficient (Wildman–Crippen LogP) is 7.55. The molecule has 0 bridgehead atoms. The van der Waals surface area contributed by atoms with Crippen LogP contribution in [0.4, 0.5) is 0 Å². The first-order valence-electron chi connectivity index (χ1n) is 12.1. The van der Waals surface area contributed by atoms with Crippen LogP contribution < -0.4 is 4.57 Å². The van der Waals surface area contributed by atoms with Crippen molar-refractivity contribution in [1.82, 2.24) is 0 Å². The summed E-state index contributed by atoms with van der Waals surface area (Å²) in [6.45, 7) is 15.7. The number of pyridine rings is 1. The minimum atomic E-state index is -0.0352. The van der Waals surface area contributed by atoms with Gasteiger partial charge in [0, 0.05) is 18.4 Å². The molecule has 1 heterocycles. The molecule has 0 saturated carbocycles. The molecule has 0 atom stereocenters. The summed E-state index contributed by atoms with van der Waals surface area (Å²) in [5.74, 6) is 0. The first kappa shape index (κ1) is 19.7. The van der Waals surface area contributed by atoms with Gasteiger partial charge >= 0.3 is 0 Å². The average molecular weight is 422 g/mol. The van der Waals surface area contributed by atoms with Gasteiger partial charge in [-0.2, -0.15) is 4.57 Å². The van der Waals surface area contributed by atoms with Gasteiger partial charge in [0.25, 0.3) is 0 Å². The molecule has 0 radical (unpaired) electrons. The lowest BCUT2D eigenvalue weighted by Gasteiger charge is -2.23. The van der Waals surface area contributed by atoms with E-state index in [-0.39, 0.29) is 10.8 Å². The third kappa shape index (κ3) is 2.94. The standard InChI is InChI=1S/C31H34N/c1-19-15-26-24-11-9-10-12-27(24)31(6,7)28(26)18-25(19)29-23-14-13-22(30(3,4)5)17-21(23)16-20(2)32(29)8/h9-18H,1-8H3/q+1/i16D. The third-order valence-corrected chi connectivity index (χ3v) is 7.48. The van der Waals surface area contributed by atoms with Crippen molar-refractivity contribution in [2.75, 3.05) is 0 Å². The van der Waals surface area contributed by atoms with Crippen molar-refractivity contribution in [2.45, 2.75) is 59.3 Å². The summed E-state index contributed by atoms with van der Waals surface area (Å²) < 4.78 is 11.1. The maximum Gasteiger partial charge on any atom is 0.220 e. The van der Waals surface area contributed by atoms with E-state index >= 15 is 0 Å².